The zero-order valence-electron chi connectivity index (χ0n) is 33.3. The van der Waals surface area contributed by atoms with Crippen LogP contribution in [0, 0.1) is 0 Å². The van der Waals surface area contributed by atoms with Gasteiger partial charge in [0.1, 0.15) is 16.7 Å². The molecule has 0 atom stereocenters. The lowest BCUT2D eigenvalue weighted by atomic mass is 9.81. The van der Waals surface area contributed by atoms with Crippen molar-refractivity contribution >= 4 is 60.9 Å². The molecule has 0 unspecified atom stereocenters. The topological polar surface area (TPSA) is 29.5 Å². The first-order chi connectivity index (χ1) is 29.5. The largest absolute Gasteiger partial charge is 0.456 e. The third-order valence-corrected chi connectivity index (χ3v) is 12.7. The molecule has 0 saturated carbocycles. The normalized spacial score (nSPS) is 13.0. The number of furan rings is 2. The summed E-state index contributed by atoms with van der Waals surface area (Å²) in [6, 6.07) is 71.6. The van der Waals surface area contributed by atoms with Crippen molar-refractivity contribution in [1.82, 2.24) is 0 Å². The van der Waals surface area contributed by atoms with Crippen LogP contribution >= 0.6 is 0 Å². The first kappa shape index (κ1) is 34.4. The zero-order chi connectivity index (χ0) is 40.0. The second-order valence-electron chi connectivity index (χ2n) is 16.4. The van der Waals surface area contributed by atoms with Gasteiger partial charge in [0.25, 0.3) is 0 Å². The van der Waals surface area contributed by atoms with Gasteiger partial charge in [-0.05, 0) is 98.6 Å². The maximum absolute atomic E-state index is 7.36. The van der Waals surface area contributed by atoms with Gasteiger partial charge in [-0.15, -0.1) is 0 Å². The highest BCUT2D eigenvalue weighted by Gasteiger charge is 2.36. The van der Waals surface area contributed by atoms with Gasteiger partial charge < -0.3 is 13.7 Å². The minimum Gasteiger partial charge on any atom is -0.456 e. The van der Waals surface area contributed by atoms with Gasteiger partial charge in [-0.25, -0.2) is 0 Å². The highest BCUT2D eigenvalue weighted by Crippen LogP contribution is 2.52. The van der Waals surface area contributed by atoms with Gasteiger partial charge in [-0.3, -0.25) is 0 Å². The van der Waals surface area contributed by atoms with Gasteiger partial charge in [0, 0.05) is 43.9 Å². The molecule has 1 aliphatic rings. The van der Waals surface area contributed by atoms with E-state index in [0.29, 0.717) is 0 Å². The molecule has 1 aliphatic carbocycles. The Morgan fingerprint density at radius 1 is 0.383 bits per heavy atom. The third-order valence-electron chi connectivity index (χ3n) is 12.7. The first-order valence-electron chi connectivity index (χ1n) is 20.7. The number of hydrogen-bond donors (Lipinski definition) is 0. The molecule has 0 N–H and O–H groups in total. The molecule has 60 heavy (non-hydrogen) atoms. The average Bonchev–Trinajstić information content (AvgIpc) is 3.94. The molecular formula is C57H39NO2. The predicted octanol–water partition coefficient (Wildman–Crippen LogP) is 16.3. The standard InChI is InChI=1S/C57H39NO2/c1-57(2)48-21-11-9-18-43(48)44-33-28-40(34-49(44)57)53-54-46-19-10-12-23-51(46)59-52(54)35-47-45-20-13-22-50(55(45)60-56(47)53)58(41-29-24-38(25-30-41)36-14-5-3-6-15-36)42-31-26-39(27-32-42)37-16-7-4-8-17-37/h3-35H,1-2H3. The Balaban J connectivity index is 1.10. The van der Waals surface area contributed by atoms with Crippen LogP contribution in [0.25, 0.3) is 88.4 Å². The minimum absolute atomic E-state index is 0.152. The van der Waals surface area contributed by atoms with Gasteiger partial charge in [0.15, 0.2) is 5.58 Å². The summed E-state index contributed by atoms with van der Waals surface area (Å²) < 4.78 is 14.0. The minimum atomic E-state index is -0.152. The molecule has 0 bridgehead atoms. The van der Waals surface area contributed by atoms with Crippen molar-refractivity contribution in [2.75, 3.05) is 4.90 Å². The lowest BCUT2D eigenvalue weighted by Gasteiger charge is -2.26. The van der Waals surface area contributed by atoms with E-state index in [1.54, 1.807) is 0 Å². The monoisotopic (exact) mass is 769 g/mol. The predicted molar refractivity (Wildman–Crippen MR) is 250 cm³/mol. The number of para-hydroxylation sites is 2. The molecule has 3 nitrogen and oxygen atoms in total. The Hall–Kier alpha value is -7.62. The van der Waals surface area contributed by atoms with E-state index in [1.165, 1.54) is 44.5 Å². The second-order valence-corrected chi connectivity index (χ2v) is 16.4. The van der Waals surface area contributed by atoms with Crippen molar-refractivity contribution in [2.45, 2.75) is 19.3 Å². The summed E-state index contributed by atoms with van der Waals surface area (Å²) in [4.78, 5) is 2.32. The first-order valence-corrected chi connectivity index (χ1v) is 20.7. The summed E-state index contributed by atoms with van der Waals surface area (Å²) in [6.45, 7) is 4.68. The van der Waals surface area contributed by atoms with Crippen molar-refractivity contribution in [3.63, 3.8) is 0 Å². The second kappa shape index (κ2) is 13.2. The van der Waals surface area contributed by atoms with E-state index < -0.39 is 0 Å². The van der Waals surface area contributed by atoms with E-state index in [4.69, 9.17) is 8.83 Å². The fourth-order valence-electron chi connectivity index (χ4n) is 9.73. The Labute approximate surface area is 348 Å². The quantitative estimate of drug-likeness (QED) is 0.169. The van der Waals surface area contributed by atoms with Crippen LogP contribution in [0.1, 0.15) is 25.0 Å². The van der Waals surface area contributed by atoms with Crippen LogP contribution < -0.4 is 4.90 Å². The van der Waals surface area contributed by atoms with Crippen LogP contribution in [-0.4, -0.2) is 0 Å². The molecule has 2 heterocycles. The van der Waals surface area contributed by atoms with E-state index in [0.717, 1.165) is 72.1 Å². The Morgan fingerprint density at radius 2 is 0.950 bits per heavy atom. The maximum Gasteiger partial charge on any atom is 0.159 e. The third kappa shape index (κ3) is 5.22. The summed E-state index contributed by atoms with van der Waals surface area (Å²) >= 11 is 0. The fourth-order valence-corrected chi connectivity index (χ4v) is 9.73. The van der Waals surface area contributed by atoms with Crippen molar-refractivity contribution < 1.29 is 8.83 Å². The molecule has 9 aromatic carbocycles. The van der Waals surface area contributed by atoms with Gasteiger partial charge in [-0.1, -0.05) is 166 Å². The SMILES string of the molecule is CC1(C)c2ccccc2-c2ccc(-c3c4oc5c(N(c6ccc(-c7ccccc7)cc6)c6ccc(-c7ccccc7)cc6)cccc5c4cc4oc5ccccc5c34)cc21. The summed E-state index contributed by atoms with van der Waals surface area (Å²) in [5, 5.41) is 4.20. The molecule has 284 valence electrons. The van der Waals surface area contributed by atoms with Crippen molar-refractivity contribution in [3.8, 4) is 44.5 Å². The number of rotatable bonds is 6. The summed E-state index contributed by atoms with van der Waals surface area (Å²) in [5.41, 5.74) is 18.4. The fraction of sp³-hybridized carbons (Fsp3) is 0.0526. The molecule has 2 aromatic heterocycles. The van der Waals surface area contributed by atoms with Gasteiger partial charge in [-0.2, -0.15) is 0 Å². The summed E-state index contributed by atoms with van der Waals surface area (Å²) in [7, 11) is 0. The number of hydrogen-bond acceptors (Lipinski definition) is 3. The molecule has 11 aromatic rings. The molecule has 3 heteroatoms. The number of fused-ring (bicyclic) bond motifs is 9. The van der Waals surface area contributed by atoms with Crippen LogP contribution in [0.15, 0.2) is 209 Å². The van der Waals surface area contributed by atoms with Gasteiger partial charge >= 0.3 is 0 Å². The Bertz CT molecular complexity index is 3340. The Kier molecular flexibility index (Phi) is 7.58. The molecule has 0 amide bonds. The molecule has 12 rings (SSSR count). The van der Waals surface area contributed by atoms with E-state index in [1.807, 2.05) is 6.07 Å². The van der Waals surface area contributed by atoms with Gasteiger partial charge in [0.2, 0.25) is 0 Å². The Morgan fingerprint density at radius 3 is 1.65 bits per heavy atom. The van der Waals surface area contributed by atoms with Crippen molar-refractivity contribution in [1.29, 1.82) is 0 Å². The number of benzene rings is 9. The van der Waals surface area contributed by atoms with Crippen LogP contribution in [0.4, 0.5) is 17.1 Å². The molecule has 0 saturated heterocycles. The van der Waals surface area contributed by atoms with E-state index in [9.17, 15) is 0 Å². The smallest absolute Gasteiger partial charge is 0.159 e. The van der Waals surface area contributed by atoms with Crippen LogP contribution in [0.5, 0.6) is 0 Å². The highest BCUT2D eigenvalue weighted by atomic mass is 16.3. The molecule has 0 spiro atoms. The highest BCUT2D eigenvalue weighted by molar-refractivity contribution is 6.24. The van der Waals surface area contributed by atoms with Crippen molar-refractivity contribution in [3.05, 3.63) is 211 Å². The van der Waals surface area contributed by atoms with E-state index in [2.05, 4.69) is 213 Å². The molecule has 0 fully saturated rings. The van der Waals surface area contributed by atoms with Crippen LogP contribution in [0.2, 0.25) is 0 Å². The van der Waals surface area contributed by atoms with Crippen molar-refractivity contribution in [2.24, 2.45) is 0 Å². The number of anilines is 3. The molecule has 0 radical (unpaired) electrons. The lowest BCUT2D eigenvalue weighted by molar-refractivity contribution is 0.660. The van der Waals surface area contributed by atoms with Crippen LogP contribution in [-0.2, 0) is 5.41 Å². The van der Waals surface area contributed by atoms with E-state index in [-0.39, 0.29) is 5.41 Å². The van der Waals surface area contributed by atoms with Crippen LogP contribution in [0.3, 0.4) is 0 Å². The lowest BCUT2D eigenvalue weighted by Crippen LogP contribution is -2.14. The molecular weight excluding hydrogens is 731 g/mol. The zero-order valence-corrected chi connectivity index (χ0v) is 33.3. The summed E-state index contributed by atoms with van der Waals surface area (Å²) in [6.07, 6.45) is 0. The number of nitrogens with zero attached hydrogens (tertiary/aromatic N) is 1. The van der Waals surface area contributed by atoms with Gasteiger partial charge in [0.05, 0.1) is 5.69 Å². The summed E-state index contributed by atoms with van der Waals surface area (Å²) in [5.74, 6) is 0. The van der Waals surface area contributed by atoms with E-state index >= 15 is 0 Å². The maximum atomic E-state index is 7.36. The molecule has 0 aliphatic heterocycles. The average molecular weight is 770 g/mol.